The lowest BCUT2D eigenvalue weighted by Gasteiger charge is -2.15. The SMILES string of the molecule is COc1ccc(C=NNC(=O)c2ccccc2NC(=O)c2cc(OC)c(OC)c(OC)c2)cc1OC. The molecule has 0 spiro atoms. The van der Waals surface area contributed by atoms with Crippen LogP contribution < -0.4 is 34.4 Å². The lowest BCUT2D eigenvalue weighted by atomic mass is 10.1. The molecule has 0 saturated carbocycles. The standard InChI is InChI=1S/C26H27N3O7/c1-32-20-11-10-16(12-21(20)33-2)15-27-29-26(31)18-8-6-7-9-19(18)28-25(30)17-13-22(34-3)24(36-5)23(14-17)35-4/h6-15H,1-5H3,(H,28,30)(H,29,31). The predicted molar refractivity (Wildman–Crippen MR) is 135 cm³/mol. The van der Waals surface area contributed by atoms with Gasteiger partial charge in [0.15, 0.2) is 23.0 Å². The van der Waals surface area contributed by atoms with E-state index in [0.717, 1.165) is 0 Å². The van der Waals surface area contributed by atoms with Crippen molar-refractivity contribution in [3.63, 3.8) is 0 Å². The number of nitrogens with one attached hydrogen (secondary N) is 2. The van der Waals surface area contributed by atoms with Gasteiger partial charge in [-0.05, 0) is 48.0 Å². The van der Waals surface area contributed by atoms with E-state index in [1.54, 1.807) is 49.6 Å². The minimum absolute atomic E-state index is 0.225. The molecule has 2 N–H and O–H groups in total. The van der Waals surface area contributed by atoms with Crippen molar-refractivity contribution >= 4 is 23.7 Å². The van der Waals surface area contributed by atoms with Gasteiger partial charge in [-0.1, -0.05) is 12.1 Å². The first-order chi connectivity index (χ1) is 17.4. The van der Waals surface area contributed by atoms with Crippen LogP contribution in [0, 0.1) is 0 Å². The zero-order valence-electron chi connectivity index (χ0n) is 20.6. The van der Waals surface area contributed by atoms with Crippen LogP contribution in [0.4, 0.5) is 5.69 Å². The first kappa shape index (κ1) is 25.9. The molecule has 3 aromatic rings. The van der Waals surface area contributed by atoms with Crippen LogP contribution >= 0.6 is 0 Å². The number of carbonyl (C=O) groups excluding carboxylic acids is 2. The van der Waals surface area contributed by atoms with Crippen molar-refractivity contribution in [2.75, 3.05) is 40.9 Å². The number of nitrogens with zero attached hydrogens (tertiary/aromatic N) is 1. The number of hydrazone groups is 1. The Balaban J connectivity index is 1.77. The Morgan fingerprint density at radius 2 is 1.36 bits per heavy atom. The number of hydrogen-bond donors (Lipinski definition) is 2. The molecular weight excluding hydrogens is 466 g/mol. The molecule has 36 heavy (non-hydrogen) atoms. The van der Waals surface area contributed by atoms with Gasteiger partial charge in [0.1, 0.15) is 0 Å². The average molecular weight is 494 g/mol. The molecule has 10 nitrogen and oxygen atoms in total. The van der Waals surface area contributed by atoms with Crippen LogP contribution in [0.25, 0.3) is 0 Å². The predicted octanol–water partition coefficient (Wildman–Crippen LogP) is 3.75. The molecule has 10 heteroatoms. The fourth-order valence-electron chi connectivity index (χ4n) is 3.36. The van der Waals surface area contributed by atoms with E-state index in [9.17, 15) is 9.59 Å². The first-order valence-corrected chi connectivity index (χ1v) is 10.7. The lowest BCUT2D eigenvalue weighted by molar-refractivity contribution is 0.0956. The fourth-order valence-corrected chi connectivity index (χ4v) is 3.36. The Labute approximate surface area is 208 Å². The summed E-state index contributed by atoms with van der Waals surface area (Å²) in [5.41, 5.74) is 3.94. The Bertz CT molecular complexity index is 1250. The van der Waals surface area contributed by atoms with Crippen LogP contribution in [0.5, 0.6) is 28.7 Å². The van der Waals surface area contributed by atoms with Gasteiger partial charge in [0.05, 0.1) is 53.0 Å². The quantitative estimate of drug-likeness (QED) is 0.326. The number of carbonyl (C=O) groups is 2. The number of rotatable bonds is 10. The molecule has 2 amide bonds. The van der Waals surface area contributed by atoms with E-state index in [0.29, 0.717) is 40.0 Å². The zero-order valence-corrected chi connectivity index (χ0v) is 20.6. The maximum Gasteiger partial charge on any atom is 0.273 e. The van der Waals surface area contributed by atoms with Crippen LogP contribution in [-0.4, -0.2) is 53.6 Å². The van der Waals surface area contributed by atoms with Crippen LogP contribution in [-0.2, 0) is 0 Å². The average Bonchev–Trinajstić information content (AvgIpc) is 2.92. The Morgan fingerprint density at radius 3 is 1.97 bits per heavy atom. The number of methoxy groups -OCH3 is 5. The summed E-state index contributed by atoms with van der Waals surface area (Å²) in [5.74, 6) is 1.16. The molecule has 0 bridgehead atoms. The lowest BCUT2D eigenvalue weighted by Crippen LogP contribution is -2.21. The van der Waals surface area contributed by atoms with Crippen molar-refractivity contribution in [1.29, 1.82) is 0 Å². The third-order valence-electron chi connectivity index (χ3n) is 5.13. The van der Waals surface area contributed by atoms with Gasteiger partial charge < -0.3 is 29.0 Å². The number of ether oxygens (including phenoxy) is 5. The zero-order chi connectivity index (χ0) is 26.1. The third kappa shape index (κ3) is 5.84. The number of hydrogen-bond acceptors (Lipinski definition) is 8. The molecule has 0 saturated heterocycles. The van der Waals surface area contributed by atoms with Gasteiger partial charge in [-0.2, -0.15) is 5.10 Å². The summed E-state index contributed by atoms with van der Waals surface area (Å²) in [6, 6.07) is 14.8. The monoisotopic (exact) mass is 493 g/mol. The van der Waals surface area contributed by atoms with Crippen molar-refractivity contribution in [1.82, 2.24) is 5.43 Å². The molecule has 0 fully saturated rings. The van der Waals surface area contributed by atoms with Crippen molar-refractivity contribution < 1.29 is 33.3 Å². The summed E-state index contributed by atoms with van der Waals surface area (Å²) in [6.45, 7) is 0. The van der Waals surface area contributed by atoms with E-state index in [4.69, 9.17) is 23.7 Å². The summed E-state index contributed by atoms with van der Waals surface area (Å²) in [4.78, 5) is 25.8. The van der Waals surface area contributed by atoms with E-state index in [2.05, 4.69) is 15.8 Å². The number of benzene rings is 3. The number of para-hydroxylation sites is 1. The Morgan fingerprint density at radius 1 is 0.722 bits per heavy atom. The maximum absolute atomic E-state index is 13.0. The Kier molecular flexibility index (Phi) is 8.71. The van der Waals surface area contributed by atoms with Gasteiger partial charge in [-0.25, -0.2) is 5.43 Å². The molecule has 188 valence electrons. The van der Waals surface area contributed by atoms with Gasteiger partial charge in [0, 0.05) is 5.56 Å². The highest BCUT2D eigenvalue weighted by Gasteiger charge is 2.19. The molecule has 3 aromatic carbocycles. The van der Waals surface area contributed by atoms with E-state index < -0.39 is 11.8 Å². The fraction of sp³-hybridized carbons (Fsp3) is 0.192. The smallest absolute Gasteiger partial charge is 0.273 e. The molecule has 0 unspecified atom stereocenters. The largest absolute Gasteiger partial charge is 0.493 e. The molecule has 3 rings (SSSR count). The van der Waals surface area contributed by atoms with E-state index in [1.807, 2.05) is 0 Å². The summed E-state index contributed by atoms with van der Waals surface area (Å²) >= 11 is 0. The van der Waals surface area contributed by atoms with Crippen molar-refractivity contribution in [2.24, 2.45) is 5.10 Å². The first-order valence-electron chi connectivity index (χ1n) is 10.7. The van der Waals surface area contributed by atoms with Crippen LogP contribution in [0.15, 0.2) is 59.7 Å². The summed E-state index contributed by atoms with van der Waals surface area (Å²) in [6.07, 6.45) is 1.47. The second kappa shape index (κ2) is 12.1. The number of amides is 2. The van der Waals surface area contributed by atoms with E-state index in [-0.39, 0.29) is 11.1 Å². The third-order valence-corrected chi connectivity index (χ3v) is 5.13. The molecule has 0 aliphatic carbocycles. The van der Waals surface area contributed by atoms with Crippen LogP contribution in [0.2, 0.25) is 0 Å². The summed E-state index contributed by atoms with van der Waals surface area (Å²) in [5, 5.41) is 6.76. The normalized spacial score (nSPS) is 10.5. The maximum atomic E-state index is 13.0. The molecule has 0 atom stereocenters. The van der Waals surface area contributed by atoms with Gasteiger partial charge in [-0.3, -0.25) is 9.59 Å². The summed E-state index contributed by atoms with van der Waals surface area (Å²) < 4.78 is 26.4. The minimum Gasteiger partial charge on any atom is -0.493 e. The number of anilines is 1. The minimum atomic E-state index is -0.507. The second-order valence-electron chi connectivity index (χ2n) is 7.23. The van der Waals surface area contributed by atoms with Gasteiger partial charge in [-0.15, -0.1) is 0 Å². The highest BCUT2D eigenvalue weighted by Crippen LogP contribution is 2.38. The van der Waals surface area contributed by atoms with Crippen LogP contribution in [0.3, 0.4) is 0 Å². The topological polar surface area (TPSA) is 117 Å². The molecular formula is C26H27N3O7. The van der Waals surface area contributed by atoms with E-state index in [1.165, 1.54) is 46.8 Å². The van der Waals surface area contributed by atoms with Crippen molar-refractivity contribution in [2.45, 2.75) is 0 Å². The van der Waals surface area contributed by atoms with Gasteiger partial charge in [0.2, 0.25) is 5.75 Å². The van der Waals surface area contributed by atoms with Crippen molar-refractivity contribution in [3.05, 3.63) is 71.3 Å². The van der Waals surface area contributed by atoms with Gasteiger partial charge >= 0.3 is 0 Å². The molecule has 0 heterocycles. The highest BCUT2D eigenvalue weighted by molar-refractivity contribution is 6.09. The van der Waals surface area contributed by atoms with E-state index >= 15 is 0 Å². The molecule has 0 aliphatic rings. The highest BCUT2D eigenvalue weighted by atomic mass is 16.5. The van der Waals surface area contributed by atoms with Crippen molar-refractivity contribution in [3.8, 4) is 28.7 Å². The Hall–Kier alpha value is -4.73. The molecule has 0 aliphatic heterocycles. The van der Waals surface area contributed by atoms with Crippen LogP contribution in [0.1, 0.15) is 26.3 Å². The van der Waals surface area contributed by atoms with Gasteiger partial charge in [0.25, 0.3) is 11.8 Å². The molecule has 0 radical (unpaired) electrons. The second-order valence-corrected chi connectivity index (χ2v) is 7.23. The summed E-state index contributed by atoms with van der Waals surface area (Å²) in [7, 11) is 7.47. The molecule has 0 aromatic heterocycles.